The molecule has 0 amide bonds. The zero-order chi connectivity index (χ0) is 28.1. The molecule has 1 aliphatic rings. The van der Waals surface area contributed by atoms with E-state index in [1.165, 1.54) is 199 Å². The predicted octanol–water partition coefficient (Wildman–Crippen LogP) is 12.8. The molecule has 2 heteroatoms. The molecule has 0 N–H and O–H groups in total. The van der Waals surface area contributed by atoms with Crippen LogP contribution in [0.4, 0.5) is 0 Å². The number of rotatable bonds is 31. The summed E-state index contributed by atoms with van der Waals surface area (Å²) in [5, 5.41) is 0. The van der Waals surface area contributed by atoms with Crippen LogP contribution in [0.15, 0.2) is 12.4 Å². The van der Waals surface area contributed by atoms with Crippen LogP contribution in [0.5, 0.6) is 0 Å². The van der Waals surface area contributed by atoms with E-state index in [1.54, 1.807) is 0 Å². The van der Waals surface area contributed by atoms with E-state index < -0.39 is 0 Å². The summed E-state index contributed by atoms with van der Waals surface area (Å²) >= 11 is 0. The van der Waals surface area contributed by atoms with Gasteiger partial charge in [0.05, 0.1) is 0 Å². The zero-order valence-corrected chi connectivity index (χ0v) is 27.5. The minimum Gasteiger partial charge on any atom is -0.356 e. The van der Waals surface area contributed by atoms with Gasteiger partial charge in [0.15, 0.2) is 0 Å². The van der Waals surface area contributed by atoms with Crippen molar-refractivity contribution in [3.8, 4) is 0 Å². The van der Waals surface area contributed by atoms with E-state index in [2.05, 4.69) is 43.0 Å². The number of nitrogens with zero attached hydrogens (tertiary/aromatic N) is 2. The van der Waals surface area contributed by atoms with E-state index >= 15 is 0 Å². The molecular formula is C37H74N2. The van der Waals surface area contributed by atoms with Crippen LogP contribution in [0.25, 0.3) is 0 Å². The lowest BCUT2D eigenvalue weighted by molar-refractivity contribution is 0.135. The molecule has 0 aromatic heterocycles. The molecule has 0 radical (unpaired) electrons. The maximum absolute atomic E-state index is 2.69. The second-order valence-corrected chi connectivity index (χ2v) is 12.9. The first-order valence-corrected chi connectivity index (χ1v) is 18.5. The highest BCUT2D eigenvalue weighted by Crippen LogP contribution is 2.24. The Balaban J connectivity index is 2.04. The topological polar surface area (TPSA) is 6.48 Å². The fourth-order valence-corrected chi connectivity index (χ4v) is 6.36. The average molecular weight is 547 g/mol. The van der Waals surface area contributed by atoms with Crippen LogP contribution in [0, 0.1) is 0 Å². The molecule has 1 rings (SSSR count). The van der Waals surface area contributed by atoms with Crippen molar-refractivity contribution in [1.29, 1.82) is 0 Å². The Labute approximate surface area is 248 Å². The van der Waals surface area contributed by atoms with Crippen LogP contribution in [-0.2, 0) is 0 Å². The van der Waals surface area contributed by atoms with Crippen molar-refractivity contribution in [3.05, 3.63) is 12.4 Å². The molecule has 0 aromatic carbocycles. The fraction of sp³-hybridized carbons (Fsp3) is 0.946. The Hall–Kier alpha value is -0.660. The van der Waals surface area contributed by atoms with Crippen LogP contribution in [0.2, 0.25) is 0 Å². The molecule has 0 aliphatic carbocycles. The van der Waals surface area contributed by atoms with E-state index in [0.29, 0.717) is 6.17 Å². The molecule has 2 nitrogen and oxygen atoms in total. The first-order chi connectivity index (χ1) is 19.3. The summed E-state index contributed by atoms with van der Waals surface area (Å²) in [5.74, 6) is 0. The van der Waals surface area contributed by atoms with E-state index in [9.17, 15) is 0 Å². The summed E-state index contributed by atoms with van der Waals surface area (Å²) in [6.07, 6.45) is 47.0. The second-order valence-electron chi connectivity index (χ2n) is 12.9. The highest BCUT2D eigenvalue weighted by molar-refractivity contribution is 4.97. The molecule has 1 unspecified atom stereocenters. The predicted molar refractivity (Wildman–Crippen MR) is 177 cm³/mol. The van der Waals surface area contributed by atoms with Crippen molar-refractivity contribution >= 4 is 0 Å². The fourth-order valence-electron chi connectivity index (χ4n) is 6.36. The van der Waals surface area contributed by atoms with Gasteiger partial charge in [-0.1, -0.05) is 181 Å². The molecule has 39 heavy (non-hydrogen) atoms. The Kier molecular flexibility index (Phi) is 26.9. The van der Waals surface area contributed by atoms with Crippen molar-refractivity contribution in [2.24, 2.45) is 0 Å². The molecule has 232 valence electrons. The molecule has 0 saturated heterocycles. The quantitative estimate of drug-likeness (QED) is 0.0798. The minimum atomic E-state index is 0.642. The molecule has 0 saturated carbocycles. The highest BCUT2D eigenvalue weighted by atomic mass is 15.4. The van der Waals surface area contributed by atoms with Crippen molar-refractivity contribution < 1.29 is 0 Å². The number of hydrogen-bond donors (Lipinski definition) is 0. The summed E-state index contributed by atoms with van der Waals surface area (Å²) in [6.45, 7) is 9.48. The van der Waals surface area contributed by atoms with Crippen LogP contribution >= 0.6 is 0 Å². The normalized spacial score (nSPS) is 15.2. The lowest BCUT2D eigenvalue weighted by Gasteiger charge is -2.33. The summed E-state index contributed by atoms with van der Waals surface area (Å²) in [5.41, 5.74) is 0. The average Bonchev–Trinajstić information content (AvgIpc) is 3.33. The van der Waals surface area contributed by atoms with Crippen LogP contribution in [0.1, 0.15) is 207 Å². The maximum Gasteiger partial charge on any atom is 0.101 e. The SMILES string of the molecule is CCCCCCCCCCCCCCCCCCCN1C=CN(CCCCCCCCC)C1CCCCCC. The maximum atomic E-state index is 2.69. The van der Waals surface area contributed by atoms with Gasteiger partial charge in [-0.3, -0.25) is 0 Å². The second kappa shape index (κ2) is 28.9. The molecule has 1 atom stereocenters. The van der Waals surface area contributed by atoms with Crippen molar-refractivity contribution in [1.82, 2.24) is 9.80 Å². The Morgan fingerprint density at radius 3 is 0.897 bits per heavy atom. The van der Waals surface area contributed by atoms with Gasteiger partial charge >= 0.3 is 0 Å². The van der Waals surface area contributed by atoms with Gasteiger partial charge in [-0.2, -0.15) is 0 Å². The van der Waals surface area contributed by atoms with Crippen molar-refractivity contribution in [3.63, 3.8) is 0 Å². The minimum absolute atomic E-state index is 0.642. The largest absolute Gasteiger partial charge is 0.356 e. The third-order valence-corrected chi connectivity index (χ3v) is 9.07. The first-order valence-electron chi connectivity index (χ1n) is 18.5. The van der Waals surface area contributed by atoms with E-state index in [1.807, 2.05) is 0 Å². The van der Waals surface area contributed by atoms with Gasteiger partial charge in [0, 0.05) is 25.5 Å². The van der Waals surface area contributed by atoms with E-state index in [4.69, 9.17) is 0 Å². The summed E-state index contributed by atoms with van der Waals surface area (Å²) < 4.78 is 0. The van der Waals surface area contributed by atoms with Gasteiger partial charge < -0.3 is 9.80 Å². The Morgan fingerprint density at radius 2 is 0.590 bits per heavy atom. The lowest BCUT2D eigenvalue weighted by atomic mass is 10.0. The molecule has 0 aromatic rings. The Morgan fingerprint density at radius 1 is 0.333 bits per heavy atom. The molecular weight excluding hydrogens is 472 g/mol. The standard InChI is InChI=1S/C37H74N2/c1-4-7-10-13-15-16-17-18-19-20-21-22-23-24-26-28-31-34-39-36-35-38(37(39)32-29-12-9-6-3)33-30-27-25-14-11-8-5-2/h35-37H,4-34H2,1-3H3. The van der Waals surface area contributed by atoms with Gasteiger partial charge in [-0.15, -0.1) is 0 Å². The van der Waals surface area contributed by atoms with Gasteiger partial charge in [0.1, 0.15) is 6.17 Å². The van der Waals surface area contributed by atoms with Gasteiger partial charge in [0.25, 0.3) is 0 Å². The van der Waals surface area contributed by atoms with Crippen molar-refractivity contribution in [2.75, 3.05) is 13.1 Å². The number of hydrogen-bond acceptors (Lipinski definition) is 2. The third-order valence-electron chi connectivity index (χ3n) is 9.07. The van der Waals surface area contributed by atoms with E-state index in [-0.39, 0.29) is 0 Å². The van der Waals surface area contributed by atoms with E-state index in [0.717, 1.165) is 0 Å². The van der Waals surface area contributed by atoms with Gasteiger partial charge in [-0.05, 0) is 25.7 Å². The first kappa shape index (κ1) is 36.4. The molecule has 1 aliphatic heterocycles. The summed E-state index contributed by atoms with van der Waals surface area (Å²) in [7, 11) is 0. The van der Waals surface area contributed by atoms with Gasteiger partial charge in [0.2, 0.25) is 0 Å². The lowest BCUT2D eigenvalue weighted by Crippen LogP contribution is -2.39. The van der Waals surface area contributed by atoms with Crippen LogP contribution in [-0.4, -0.2) is 29.1 Å². The highest BCUT2D eigenvalue weighted by Gasteiger charge is 2.24. The van der Waals surface area contributed by atoms with Crippen LogP contribution < -0.4 is 0 Å². The molecule has 0 spiro atoms. The Bertz CT molecular complexity index is 502. The van der Waals surface area contributed by atoms with Gasteiger partial charge in [-0.25, -0.2) is 0 Å². The molecule has 0 bridgehead atoms. The zero-order valence-electron chi connectivity index (χ0n) is 27.5. The van der Waals surface area contributed by atoms with Crippen LogP contribution in [0.3, 0.4) is 0 Å². The monoisotopic (exact) mass is 547 g/mol. The summed E-state index contributed by atoms with van der Waals surface area (Å²) in [4.78, 5) is 5.38. The smallest absolute Gasteiger partial charge is 0.101 e. The number of unbranched alkanes of at least 4 members (excludes halogenated alkanes) is 25. The molecule has 1 heterocycles. The third kappa shape index (κ3) is 21.7. The van der Waals surface area contributed by atoms with Crippen molar-refractivity contribution in [2.45, 2.75) is 213 Å². The summed E-state index contributed by atoms with van der Waals surface area (Å²) in [6, 6.07) is 0. The molecule has 0 fully saturated rings.